The summed E-state index contributed by atoms with van der Waals surface area (Å²) in [4.78, 5) is 55.0. The number of nitrogens with one attached hydrogen (secondary N) is 1. The maximum Gasteiger partial charge on any atom is 0.317 e. The van der Waals surface area contributed by atoms with Gasteiger partial charge in [0.1, 0.15) is 6.23 Å². The lowest BCUT2D eigenvalue weighted by atomic mass is 9.61. The molecule has 1 saturated heterocycles. The third-order valence-corrected chi connectivity index (χ3v) is 9.97. The number of nitrogens with zero attached hydrogens (tertiary/aromatic N) is 3. The fraction of sp³-hybridized carbons (Fsp3) is 0.765. The highest BCUT2D eigenvalue weighted by molar-refractivity contribution is 5.97. The number of carboxylic acid groups (broad SMARTS) is 3. The molecule has 0 spiro atoms. The van der Waals surface area contributed by atoms with Gasteiger partial charge in [0.15, 0.2) is 5.78 Å². The number of hydrogen-bond donors (Lipinski definition) is 8. The van der Waals surface area contributed by atoms with Gasteiger partial charge in [0.25, 0.3) is 0 Å². The van der Waals surface area contributed by atoms with Gasteiger partial charge < -0.3 is 46.4 Å². The minimum Gasteiger partial charge on any atom is -0.480 e. The maximum absolute atomic E-state index is 12.7. The van der Waals surface area contributed by atoms with Crippen LogP contribution in [0.5, 0.6) is 0 Å². The Kier molecular flexibility index (Phi) is 19.3. The number of hydrogen-bond acceptors (Lipinski definition) is 13. The monoisotopic (exact) mass is 713 g/mol. The largest absolute Gasteiger partial charge is 0.480 e. The predicted octanol–water partition coefficient (Wildman–Crippen LogP) is -0.672. The molecule has 3 unspecified atom stereocenters. The Hall–Kier alpha value is -2.80. The van der Waals surface area contributed by atoms with Gasteiger partial charge in [-0.05, 0) is 50.4 Å². The average Bonchev–Trinajstić information content (AvgIpc) is 3.07. The van der Waals surface area contributed by atoms with Crippen LogP contribution in [-0.4, -0.2) is 172 Å². The van der Waals surface area contributed by atoms with Gasteiger partial charge in [0.05, 0.1) is 31.8 Å². The van der Waals surface area contributed by atoms with Gasteiger partial charge in [0, 0.05) is 77.1 Å². The van der Waals surface area contributed by atoms with Crippen LogP contribution in [0.3, 0.4) is 0 Å². The van der Waals surface area contributed by atoms with Gasteiger partial charge in [-0.3, -0.25) is 33.9 Å². The van der Waals surface area contributed by atoms with Crippen molar-refractivity contribution in [3.8, 4) is 0 Å². The first kappa shape index (κ1) is 43.4. The second kappa shape index (κ2) is 22.2. The van der Waals surface area contributed by atoms with Crippen LogP contribution in [0.2, 0.25) is 0 Å². The lowest BCUT2D eigenvalue weighted by Gasteiger charge is -2.60. The molecule has 0 saturated carbocycles. The van der Waals surface area contributed by atoms with Crippen molar-refractivity contribution in [3.05, 3.63) is 23.8 Å². The number of carboxylic acids is 3. The average molecular weight is 714 g/mol. The van der Waals surface area contributed by atoms with E-state index in [4.69, 9.17) is 10.5 Å². The van der Waals surface area contributed by atoms with E-state index in [1.807, 2.05) is 6.92 Å². The molecule has 2 rings (SSSR count). The van der Waals surface area contributed by atoms with Crippen LogP contribution in [0.25, 0.3) is 0 Å². The van der Waals surface area contributed by atoms with E-state index in [1.54, 1.807) is 32.9 Å². The number of aliphatic hydroxyl groups is 3. The van der Waals surface area contributed by atoms with E-state index in [2.05, 4.69) is 5.32 Å². The first-order valence-corrected chi connectivity index (χ1v) is 17.6. The quantitative estimate of drug-likeness (QED) is 0.0687. The lowest BCUT2D eigenvalue weighted by Crippen LogP contribution is -2.76. The first-order valence-electron chi connectivity index (χ1n) is 17.6. The fourth-order valence-electron chi connectivity index (χ4n) is 7.85. The van der Waals surface area contributed by atoms with Gasteiger partial charge in [-0.15, -0.1) is 0 Å². The molecule has 286 valence electrons. The van der Waals surface area contributed by atoms with Crippen molar-refractivity contribution in [2.45, 2.75) is 76.1 Å². The van der Waals surface area contributed by atoms with Crippen molar-refractivity contribution in [3.63, 3.8) is 0 Å². The van der Waals surface area contributed by atoms with E-state index in [9.17, 15) is 49.8 Å². The zero-order valence-electron chi connectivity index (χ0n) is 29.4. The summed E-state index contributed by atoms with van der Waals surface area (Å²) in [5, 5.41) is 64.0. The lowest BCUT2D eigenvalue weighted by molar-refractivity contribution is -0.168. The van der Waals surface area contributed by atoms with Crippen molar-refractivity contribution in [1.82, 2.24) is 20.0 Å². The van der Waals surface area contributed by atoms with Crippen LogP contribution in [0.1, 0.15) is 58.3 Å². The molecule has 50 heavy (non-hydrogen) atoms. The normalized spacial score (nSPS) is 22.8. The van der Waals surface area contributed by atoms with Crippen LogP contribution in [0.15, 0.2) is 23.8 Å². The van der Waals surface area contributed by atoms with Crippen LogP contribution < -0.4 is 11.1 Å². The molecular formula is C34H59N5O11. The molecule has 16 heteroatoms. The van der Waals surface area contributed by atoms with Crippen LogP contribution in [-0.2, 0) is 23.9 Å². The number of aliphatic hydroxyl groups excluding tert-OH is 3. The smallest absolute Gasteiger partial charge is 0.317 e. The highest BCUT2D eigenvalue weighted by Gasteiger charge is 2.58. The van der Waals surface area contributed by atoms with Crippen LogP contribution in [0, 0.1) is 5.41 Å². The predicted molar refractivity (Wildman–Crippen MR) is 184 cm³/mol. The topological polar surface area (TPSA) is 247 Å². The third kappa shape index (κ3) is 12.5. The highest BCUT2D eigenvalue weighted by atomic mass is 16.5. The molecule has 1 aliphatic heterocycles. The second-order valence-corrected chi connectivity index (χ2v) is 13.2. The molecule has 1 fully saturated rings. The number of carbonyl (C=O) groups is 4. The number of carbonyl (C=O) groups excluding carboxylic acids is 1. The summed E-state index contributed by atoms with van der Waals surface area (Å²) < 4.78 is 6.38. The second-order valence-electron chi connectivity index (χ2n) is 13.2. The number of ether oxygens (including phenoxy) is 1. The van der Waals surface area contributed by atoms with E-state index >= 15 is 0 Å². The van der Waals surface area contributed by atoms with E-state index in [1.165, 1.54) is 0 Å². The Morgan fingerprint density at radius 1 is 0.920 bits per heavy atom. The Balaban J connectivity index is 3.02. The van der Waals surface area contributed by atoms with Gasteiger partial charge >= 0.3 is 17.9 Å². The Morgan fingerprint density at radius 2 is 1.50 bits per heavy atom. The molecule has 0 aromatic rings. The van der Waals surface area contributed by atoms with Crippen LogP contribution in [0.4, 0.5) is 0 Å². The highest BCUT2D eigenvalue weighted by Crippen LogP contribution is 2.49. The number of aliphatic carboxylic acids is 3. The van der Waals surface area contributed by atoms with Crippen molar-refractivity contribution < 1.29 is 54.6 Å². The zero-order valence-corrected chi connectivity index (χ0v) is 29.4. The molecule has 9 N–H and O–H groups in total. The molecule has 3 atom stereocenters. The number of nitrogens with two attached hydrogens (primary N) is 1. The number of rotatable bonds is 21. The van der Waals surface area contributed by atoms with Gasteiger partial charge in [-0.25, -0.2) is 0 Å². The molecule has 0 radical (unpaired) electrons. The van der Waals surface area contributed by atoms with E-state index < -0.39 is 54.2 Å². The molecule has 0 aromatic carbocycles. The number of Topliss-reactive ketones (excluding diaryl/α,β-unsaturated/α-hetero) is 1. The number of allylic oxidation sites excluding steroid dienone is 3. The molecule has 0 aromatic heterocycles. The summed E-state index contributed by atoms with van der Waals surface area (Å²) in [6, 6.07) is -0.919. The molecule has 0 bridgehead atoms. The summed E-state index contributed by atoms with van der Waals surface area (Å²) in [6.45, 7) is 1.06. The molecule has 2 aliphatic rings. The minimum absolute atomic E-state index is 0.0488. The Labute approximate surface area is 294 Å². The van der Waals surface area contributed by atoms with Crippen molar-refractivity contribution >= 4 is 23.7 Å². The first-order chi connectivity index (χ1) is 23.9. The third-order valence-electron chi connectivity index (χ3n) is 9.97. The van der Waals surface area contributed by atoms with E-state index in [-0.39, 0.29) is 97.0 Å². The zero-order chi connectivity index (χ0) is 37.2. The van der Waals surface area contributed by atoms with Crippen LogP contribution >= 0.6 is 0 Å². The summed E-state index contributed by atoms with van der Waals surface area (Å²) in [6.07, 6.45) is 5.93. The maximum atomic E-state index is 12.7. The van der Waals surface area contributed by atoms with Gasteiger partial charge in [-0.2, -0.15) is 0 Å². The summed E-state index contributed by atoms with van der Waals surface area (Å²) >= 11 is 0. The minimum atomic E-state index is -1.46. The summed E-state index contributed by atoms with van der Waals surface area (Å²) in [5.41, 5.74) is 5.08. The van der Waals surface area contributed by atoms with Gasteiger partial charge in [0.2, 0.25) is 0 Å². The number of ketones is 1. The summed E-state index contributed by atoms with van der Waals surface area (Å²) in [7, 11) is 0. The Bertz CT molecular complexity index is 1130. The Morgan fingerprint density at radius 3 is 2.02 bits per heavy atom. The SMILES string of the molecule is CCC1(C(N)OCC2=CC=CCC2=O)C(C(CCCO)(CCCO)CCCO)N(CC(=O)O)CCN(CC(=O)O)CCNCCN1CC(=O)O. The van der Waals surface area contributed by atoms with E-state index in [0.29, 0.717) is 37.9 Å². The standard InChI is InChI=1S/C34H59N5O11/c1-2-34(32(35)50-25-26-8-3-4-9-27(26)43)31(33(10-5-19-40,11-6-20-41)12-7-21-42)38(23-29(46)47)18-17-37(22-28(44)45)15-13-36-14-16-39(34)24-30(48)49/h3-4,8,31-32,36,40-42H,2,5-7,9-25,35H2,1H3,(H,44,45)(H,46,47)(H,48,49). The van der Waals surface area contributed by atoms with Crippen molar-refractivity contribution in [2.24, 2.45) is 11.1 Å². The van der Waals surface area contributed by atoms with E-state index in [0.717, 1.165) is 0 Å². The molecular weight excluding hydrogens is 654 g/mol. The molecule has 0 amide bonds. The van der Waals surface area contributed by atoms with Gasteiger partial charge in [-0.1, -0.05) is 25.2 Å². The fourth-order valence-corrected chi connectivity index (χ4v) is 7.85. The molecule has 16 nitrogen and oxygen atoms in total. The van der Waals surface area contributed by atoms with Crippen molar-refractivity contribution in [1.29, 1.82) is 0 Å². The summed E-state index contributed by atoms with van der Waals surface area (Å²) in [5.74, 6) is -3.53. The molecule has 1 heterocycles. The van der Waals surface area contributed by atoms with Crippen molar-refractivity contribution in [2.75, 3.05) is 85.3 Å². The molecule has 1 aliphatic carbocycles.